The predicted octanol–water partition coefficient (Wildman–Crippen LogP) is -7.38. The van der Waals surface area contributed by atoms with Crippen molar-refractivity contribution in [2.75, 3.05) is 0 Å². The Morgan fingerprint density at radius 1 is 0.462 bits per heavy atom. The van der Waals surface area contributed by atoms with Crippen LogP contribution in [-0.4, -0.2) is 0 Å². The molecule has 13 heteroatoms. The minimum atomic E-state index is -2.85. The molecule has 0 bridgehead atoms. The van der Waals surface area contributed by atoms with E-state index in [1.807, 2.05) is 0 Å². The van der Waals surface area contributed by atoms with E-state index in [1.165, 1.54) is 0 Å². The molecule has 0 N–H and O–H groups in total. The van der Waals surface area contributed by atoms with Gasteiger partial charge in [0.25, 0.3) is 0 Å². The van der Waals surface area contributed by atoms with Gasteiger partial charge in [0, 0.05) is 0 Å². The largest absolute Gasteiger partial charge is 2.00 e. The molecule has 0 amide bonds. The summed E-state index contributed by atoms with van der Waals surface area (Å²) in [6.45, 7) is 0. The number of hydrogen-bond acceptors (Lipinski definition) is 6. The van der Waals surface area contributed by atoms with Crippen LogP contribution in [0.5, 0.6) is 0 Å². The van der Waals surface area contributed by atoms with E-state index in [2.05, 4.69) is 0 Å². The molecular formula is Cl2Co3O8. The number of hydrogen-bond donors (Lipinski definition) is 0. The average molecular weight is 376 g/mol. The van der Waals surface area contributed by atoms with Crippen LogP contribution in [0.1, 0.15) is 0 Å². The molecule has 89 valence electrons. The van der Waals surface area contributed by atoms with Gasteiger partial charge in [-0.15, -0.1) is 0 Å². The zero-order valence-electron chi connectivity index (χ0n) is 5.02. The summed E-state index contributed by atoms with van der Waals surface area (Å²) in [5.41, 5.74) is 0. The second-order valence-corrected chi connectivity index (χ2v) is 1.13. The van der Waals surface area contributed by atoms with Gasteiger partial charge in [-0.2, -0.15) is 0 Å². The van der Waals surface area contributed by atoms with Gasteiger partial charge in [-0.25, -0.2) is 0 Å². The van der Waals surface area contributed by atoms with E-state index in [0.717, 1.165) is 0 Å². The Bertz CT molecular complexity index is 32.9. The molecule has 0 atom stereocenters. The van der Waals surface area contributed by atoms with Gasteiger partial charge in [0.15, 0.2) is 0 Å². The molecule has 0 spiro atoms. The summed E-state index contributed by atoms with van der Waals surface area (Å²) in [6.07, 6.45) is 0. The molecule has 0 saturated carbocycles. The predicted molar refractivity (Wildman–Crippen MR) is 1.37 cm³/mol. The van der Waals surface area contributed by atoms with Crippen LogP contribution < -0.4 is 28.0 Å². The molecule has 8 nitrogen and oxygen atoms in total. The molecule has 0 fully saturated rings. The van der Waals surface area contributed by atoms with Crippen molar-refractivity contribution in [3.8, 4) is 0 Å². The fraction of sp³-hybridized carbons (Fsp3) is 0. The molecule has 0 aliphatic carbocycles. The second kappa shape index (κ2) is 37.2. The maximum Gasteiger partial charge on any atom is 2.00 e. The van der Waals surface area contributed by atoms with Crippen LogP contribution in [0.3, 0.4) is 0 Å². The SMILES string of the molecule is [Co+2].[Co+2].[Co+2].[O-2].[O-2].[O-][Cl+2]([O-])[O-].[O-][Cl+2]([O-])[O-]. The number of rotatable bonds is 0. The average Bonchev–Trinajstić information content (AvgIpc) is 1.25. The van der Waals surface area contributed by atoms with E-state index in [0.29, 0.717) is 0 Å². The first-order valence-corrected chi connectivity index (χ1v) is 2.78. The van der Waals surface area contributed by atoms with Crippen molar-refractivity contribution in [3.05, 3.63) is 0 Å². The third-order valence-corrected chi connectivity index (χ3v) is 0. The topological polar surface area (TPSA) is 195 Å². The van der Waals surface area contributed by atoms with Crippen LogP contribution in [0, 0.1) is 21.6 Å². The molecule has 0 unspecified atom stereocenters. The summed E-state index contributed by atoms with van der Waals surface area (Å²) in [7, 11) is -5.70. The van der Waals surface area contributed by atoms with E-state index >= 15 is 0 Å². The van der Waals surface area contributed by atoms with Gasteiger partial charge in [-0.3, -0.25) is 0 Å². The van der Waals surface area contributed by atoms with E-state index in [4.69, 9.17) is 28.0 Å². The van der Waals surface area contributed by atoms with Crippen LogP contribution in [0.15, 0.2) is 0 Å². The zero-order chi connectivity index (χ0) is 7.15. The summed E-state index contributed by atoms with van der Waals surface area (Å²) in [4.78, 5) is 0. The Labute approximate surface area is 110 Å². The van der Waals surface area contributed by atoms with E-state index in [-0.39, 0.29) is 61.3 Å². The first-order valence-electron chi connectivity index (χ1n) is 0.926. The van der Waals surface area contributed by atoms with Crippen molar-refractivity contribution in [3.63, 3.8) is 0 Å². The van der Waals surface area contributed by atoms with Crippen molar-refractivity contribution in [1.29, 1.82) is 0 Å². The Hall–Kier alpha value is 1.78. The monoisotopic (exact) mass is 375 g/mol. The normalized spacial score (nSPS) is 5.54. The van der Waals surface area contributed by atoms with E-state index < -0.39 is 21.6 Å². The van der Waals surface area contributed by atoms with Crippen LogP contribution in [-0.2, 0) is 61.3 Å². The molecule has 13 heavy (non-hydrogen) atoms. The van der Waals surface area contributed by atoms with Gasteiger partial charge < -0.3 is 38.9 Å². The Kier molecular flexibility index (Phi) is 133. The van der Waals surface area contributed by atoms with Gasteiger partial charge in [0.1, 0.15) is 0 Å². The van der Waals surface area contributed by atoms with Gasteiger partial charge in [-0.05, 0) is 0 Å². The van der Waals surface area contributed by atoms with Crippen LogP contribution in [0.2, 0.25) is 0 Å². The zero-order valence-corrected chi connectivity index (χ0v) is 9.66. The van der Waals surface area contributed by atoms with Crippen molar-refractivity contribution in [1.82, 2.24) is 0 Å². The van der Waals surface area contributed by atoms with Gasteiger partial charge in [0.05, 0.1) is 21.6 Å². The van der Waals surface area contributed by atoms with E-state index in [9.17, 15) is 0 Å². The standard InChI is InChI=1S/2ClO3.3Co.2O/c2*2-1(3)4;;;;;/q2*-1;3*+2;2*-2. The summed E-state index contributed by atoms with van der Waals surface area (Å²) in [5.74, 6) is 0. The Morgan fingerprint density at radius 3 is 0.462 bits per heavy atom. The van der Waals surface area contributed by atoms with Crippen molar-refractivity contribution < 1.29 is 111 Å². The fourth-order valence-electron chi connectivity index (χ4n) is 0. The summed E-state index contributed by atoms with van der Waals surface area (Å²) < 4.78 is 50.4. The molecule has 0 aliphatic rings. The third kappa shape index (κ3) is 604. The Balaban J connectivity index is -0.00000000800. The molecule has 0 aromatic heterocycles. The maximum atomic E-state index is 8.41. The maximum absolute atomic E-state index is 8.41. The minimum Gasteiger partial charge on any atom is -2.00 e. The van der Waals surface area contributed by atoms with E-state index in [1.54, 1.807) is 0 Å². The smallest absolute Gasteiger partial charge is 2.00 e. The molecule has 0 heterocycles. The Morgan fingerprint density at radius 2 is 0.462 bits per heavy atom. The molecule has 0 rings (SSSR count). The second-order valence-electron chi connectivity index (χ2n) is 0.378. The van der Waals surface area contributed by atoms with Crippen LogP contribution in [0.25, 0.3) is 0 Å². The van der Waals surface area contributed by atoms with Crippen LogP contribution in [0.4, 0.5) is 0 Å². The van der Waals surface area contributed by atoms with Gasteiger partial charge >= 0.3 is 50.3 Å². The number of halogens is 2. The third-order valence-electron chi connectivity index (χ3n) is 0. The molecule has 0 aromatic rings. The fourth-order valence-corrected chi connectivity index (χ4v) is 0. The molecule has 0 aliphatic heterocycles. The minimum absolute atomic E-state index is 0. The summed E-state index contributed by atoms with van der Waals surface area (Å²) in [6, 6.07) is 0. The van der Waals surface area contributed by atoms with Crippen molar-refractivity contribution >= 4 is 0 Å². The van der Waals surface area contributed by atoms with Crippen molar-refractivity contribution in [2.24, 2.45) is 0 Å². The van der Waals surface area contributed by atoms with Gasteiger partial charge in [-0.1, -0.05) is 0 Å². The quantitative estimate of drug-likeness (QED) is 0.403. The van der Waals surface area contributed by atoms with Crippen LogP contribution >= 0.6 is 0 Å². The summed E-state index contributed by atoms with van der Waals surface area (Å²) >= 11 is 0. The van der Waals surface area contributed by atoms with Gasteiger partial charge in [0.2, 0.25) is 0 Å². The molecule has 0 saturated heterocycles. The summed E-state index contributed by atoms with van der Waals surface area (Å²) in [5, 5.41) is 0. The molecule has 0 aromatic carbocycles. The molecular weight excluding hydrogens is 376 g/mol. The van der Waals surface area contributed by atoms with Crippen molar-refractivity contribution in [2.45, 2.75) is 0 Å². The first kappa shape index (κ1) is 46.4. The molecule has 3 radical (unpaired) electrons. The first-order chi connectivity index (χ1) is 3.46.